The Labute approximate surface area is 113 Å². The number of hydrogen-bond donors (Lipinski definition) is 1. The van der Waals surface area contributed by atoms with E-state index in [2.05, 4.69) is 19.2 Å². The van der Waals surface area contributed by atoms with Gasteiger partial charge in [-0.1, -0.05) is 20.8 Å². The van der Waals surface area contributed by atoms with Crippen molar-refractivity contribution in [3.05, 3.63) is 0 Å². The standard InChI is InChI=1S/C14H29NO2S/c1-4-10-15-14-9-8-13(12(14)3)7-6-11-18(16,17)5-2/h12-15H,4-11H2,1-3H3. The summed E-state index contributed by atoms with van der Waals surface area (Å²) in [5.74, 6) is 2.07. The van der Waals surface area contributed by atoms with Crippen molar-refractivity contribution in [2.45, 2.75) is 58.9 Å². The first-order chi connectivity index (χ1) is 8.50. The molecule has 0 aromatic heterocycles. The first kappa shape index (κ1) is 16.0. The van der Waals surface area contributed by atoms with E-state index >= 15 is 0 Å². The van der Waals surface area contributed by atoms with Crippen molar-refractivity contribution in [1.82, 2.24) is 5.32 Å². The number of rotatable bonds is 8. The molecule has 1 aliphatic rings. The summed E-state index contributed by atoms with van der Waals surface area (Å²) in [6.07, 6.45) is 5.61. The van der Waals surface area contributed by atoms with Crippen LogP contribution >= 0.6 is 0 Å². The van der Waals surface area contributed by atoms with Crippen LogP contribution < -0.4 is 5.32 Å². The average Bonchev–Trinajstić information content (AvgIpc) is 2.68. The maximum Gasteiger partial charge on any atom is 0.150 e. The predicted molar refractivity (Wildman–Crippen MR) is 77.5 cm³/mol. The van der Waals surface area contributed by atoms with Gasteiger partial charge in [0.05, 0.1) is 5.75 Å². The van der Waals surface area contributed by atoms with Crippen LogP contribution in [0.4, 0.5) is 0 Å². The van der Waals surface area contributed by atoms with E-state index < -0.39 is 9.84 Å². The van der Waals surface area contributed by atoms with Crippen LogP contribution in [0.1, 0.15) is 52.9 Å². The van der Waals surface area contributed by atoms with Crippen LogP contribution in [0.5, 0.6) is 0 Å². The molecule has 0 saturated heterocycles. The molecular weight excluding hydrogens is 246 g/mol. The second-order valence-corrected chi connectivity index (χ2v) is 8.11. The molecule has 3 unspecified atom stereocenters. The zero-order valence-electron chi connectivity index (χ0n) is 12.1. The number of hydrogen-bond acceptors (Lipinski definition) is 3. The fourth-order valence-corrected chi connectivity index (χ4v) is 3.88. The minimum absolute atomic E-state index is 0.286. The molecule has 1 rings (SSSR count). The van der Waals surface area contributed by atoms with Gasteiger partial charge in [-0.3, -0.25) is 0 Å². The molecule has 4 heteroatoms. The molecule has 18 heavy (non-hydrogen) atoms. The summed E-state index contributed by atoms with van der Waals surface area (Å²) in [4.78, 5) is 0. The summed E-state index contributed by atoms with van der Waals surface area (Å²) >= 11 is 0. The molecule has 0 aromatic rings. The van der Waals surface area contributed by atoms with Crippen LogP contribution in [0, 0.1) is 11.8 Å². The van der Waals surface area contributed by atoms with E-state index in [1.807, 2.05) is 0 Å². The lowest BCUT2D eigenvalue weighted by atomic mass is 9.92. The monoisotopic (exact) mass is 275 g/mol. The van der Waals surface area contributed by atoms with Gasteiger partial charge in [-0.15, -0.1) is 0 Å². The molecule has 0 heterocycles. The van der Waals surface area contributed by atoms with E-state index in [1.54, 1.807) is 6.92 Å². The lowest BCUT2D eigenvalue weighted by molar-refractivity contribution is 0.335. The van der Waals surface area contributed by atoms with Crippen LogP contribution in [0.25, 0.3) is 0 Å². The van der Waals surface area contributed by atoms with Crippen LogP contribution in [0.2, 0.25) is 0 Å². The predicted octanol–water partition coefficient (Wildman–Crippen LogP) is 2.62. The summed E-state index contributed by atoms with van der Waals surface area (Å²) in [5.41, 5.74) is 0. The molecule has 108 valence electrons. The molecular formula is C14H29NO2S. The summed E-state index contributed by atoms with van der Waals surface area (Å²) in [6, 6.07) is 0.651. The fourth-order valence-electron chi connectivity index (χ4n) is 2.98. The highest BCUT2D eigenvalue weighted by molar-refractivity contribution is 7.91. The Morgan fingerprint density at radius 1 is 1.22 bits per heavy atom. The molecule has 0 spiro atoms. The van der Waals surface area contributed by atoms with Gasteiger partial charge in [-0.25, -0.2) is 8.42 Å². The van der Waals surface area contributed by atoms with E-state index in [0.29, 0.717) is 23.6 Å². The molecule has 0 aromatic carbocycles. The molecule has 3 nitrogen and oxygen atoms in total. The van der Waals surface area contributed by atoms with Crippen molar-refractivity contribution < 1.29 is 8.42 Å². The Kier molecular flexibility index (Phi) is 6.64. The maximum atomic E-state index is 11.4. The number of nitrogens with one attached hydrogen (secondary N) is 1. The van der Waals surface area contributed by atoms with Gasteiger partial charge in [0.1, 0.15) is 9.84 Å². The van der Waals surface area contributed by atoms with Crippen molar-refractivity contribution in [3.8, 4) is 0 Å². The lowest BCUT2D eigenvalue weighted by Crippen LogP contribution is -2.33. The maximum absolute atomic E-state index is 11.4. The highest BCUT2D eigenvalue weighted by Gasteiger charge is 2.31. The van der Waals surface area contributed by atoms with Crippen LogP contribution in [-0.4, -0.2) is 32.5 Å². The third kappa shape index (κ3) is 4.88. The first-order valence-corrected chi connectivity index (χ1v) is 9.26. The molecule has 3 atom stereocenters. The first-order valence-electron chi connectivity index (χ1n) is 7.44. The molecule has 1 saturated carbocycles. The van der Waals surface area contributed by atoms with Gasteiger partial charge < -0.3 is 5.32 Å². The lowest BCUT2D eigenvalue weighted by Gasteiger charge is -2.21. The molecule has 0 bridgehead atoms. The Morgan fingerprint density at radius 2 is 1.94 bits per heavy atom. The highest BCUT2D eigenvalue weighted by atomic mass is 32.2. The SMILES string of the molecule is CCCNC1CCC(CCCS(=O)(=O)CC)C1C. The van der Waals surface area contributed by atoms with E-state index in [-0.39, 0.29) is 5.75 Å². The molecule has 1 fully saturated rings. The molecule has 0 aliphatic heterocycles. The van der Waals surface area contributed by atoms with Crippen molar-refractivity contribution in [2.24, 2.45) is 11.8 Å². The van der Waals surface area contributed by atoms with E-state index in [4.69, 9.17) is 0 Å². The Bertz CT molecular complexity index is 327. The minimum atomic E-state index is -2.77. The largest absolute Gasteiger partial charge is 0.314 e. The molecule has 1 N–H and O–H groups in total. The van der Waals surface area contributed by atoms with Crippen molar-refractivity contribution in [2.75, 3.05) is 18.1 Å². The average molecular weight is 275 g/mol. The van der Waals surface area contributed by atoms with Gasteiger partial charge in [0.15, 0.2) is 0 Å². The fraction of sp³-hybridized carbons (Fsp3) is 1.00. The summed E-state index contributed by atoms with van der Waals surface area (Å²) in [5, 5.41) is 3.61. The van der Waals surface area contributed by atoms with Crippen LogP contribution in [-0.2, 0) is 9.84 Å². The van der Waals surface area contributed by atoms with E-state index in [1.165, 1.54) is 19.3 Å². The Hall–Kier alpha value is -0.0900. The third-order valence-electron chi connectivity index (χ3n) is 4.35. The van der Waals surface area contributed by atoms with Crippen LogP contribution in [0.15, 0.2) is 0 Å². The number of sulfone groups is 1. The zero-order valence-corrected chi connectivity index (χ0v) is 12.9. The van der Waals surface area contributed by atoms with Gasteiger partial charge in [0.2, 0.25) is 0 Å². The molecule has 0 amide bonds. The second kappa shape index (κ2) is 7.49. The van der Waals surface area contributed by atoms with Gasteiger partial charge >= 0.3 is 0 Å². The van der Waals surface area contributed by atoms with Crippen LogP contribution in [0.3, 0.4) is 0 Å². The topological polar surface area (TPSA) is 46.2 Å². The van der Waals surface area contributed by atoms with Gasteiger partial charge in [0, 0.05) is 11.8 Å². The van der Waals surface area contributed by atoms with Crippen molar-refractivity contribution in [1.29, 1.82) is 0 Å². The second-order valence-electron chi connectivity index (χ2n) is 5.64. The molecule has 0 radical (unpaired) electrons. The zero-order chi connectivity index (χ0) is 13.6. The normalized spacial score (nSPS) is 28.7. The Morgan fingerprint density at radius 3 is 2.56 bits per heavy atom. The van der Waals surface area contributed by atoms with Crippen molar-refractivity contribution in [3.63, 3.8) is 0 Å². The van der Waals surface area contributed by atoms with E-state index in [0.717, 1.165) is 19.4 Å². The minimum Gasteiger partial charge on any atom is -0.314 e. The van der Waals surface area contributed by atoms with E-state index in [9.17, 15) is 8.42 Å². The van der Waals surface area contributed by atoms with Gasteiger partial charge in [0.25, 0.3) is 0 Å². The Balaban J connectivity index is 2.28. The van der Waals surface area contributed by atoms with Gasteiger partial charge in [-0.2, -0.15) is 0 Å². The summed E-state index contributed by atoms with van der Waals surface area (Å²) in [7, 11) is -2.77. The molecule has 1 aliphatic carbocycles. The van der Waals surface area contributed by atoms with Crippen molar-refractivity contribution >= 4 is 9.84 Å². The van der Waals surface area contributed by atoms with Gasteiger partial charge in [-0.05, 0) is 50.5 Å². The quantitative estimate of drug-likeness (QED) is 0.740. The summed E-state index contributed by atoms with van der Waals surface area (Å²) < 4.78 is 22.9. The summed E-state index contributed by atoms with van der Waals surface area (Å²) in [6.45, 7) is 7.35. The highest BCUT2D eigenvalue weighted by Crippen LogP contribution is 2.35. The smallest absolute Gasteiger partial charge is 0.150 e. The third-order valence-corrected chi connectivity index (χ3v) is 6.14.